The quantitative estimate of drug-likeness (QED) is 0.852. The van der Waals surface area contributed by atoms with Gasteiger partial charge in [0.2, 0.25) is 0 Å². The Labute approximate surface area is 115 Å². The van der Waals surface area contributed by atoms with E-state index in [1.807, 2.05) is 12.1 Å². The highest BCUT2D eigenvalue weighted by molar-refractivity contribution is 5.24. The maximum atomic E-state index is 13.7. The first-order valence-electron chi connectivity index (χ1n) is 7.11. The third-order valence-corrected chi connectivity index (χ3v) is 4.08. The van der Waals surface area contributed by atoms with Crippen LogP contribution < -0.4 is 5.32 Å². The molecule has 19 heavy (non-hydrogen) atoms. The predicted octanol–water partition coefficient (Wildman–Crippen LogP) is 3.33. The molecular weight excluding hydrogens is 241 g/mol. The number of methoxy groups -OCH3 is 1. The van der Waals surface area contributed by atoms with Gasteiger partial charge in [-0.1, -0.05) is 32.0 Å². The van der Waals surface area contributed by atoms with Crippen LogP contribution in [-0.2, 0) is 4.74 Å². The van der Waals surface area contributed by atoms with Crippen LogP contribution in [0.5, 0.6) is 0 Å². The van der Waals surface area contributed by atoms with Crippen LogP contribution in [0.3, 0.4) is 0 Å². The summed E-state index contributed by atoms with van der Waals surface area (Å²) in [4.78, 5) is 0. The van der Waals surface area contributed by atoms with E-state index in [0.717, 1.165) is 25.0 Å². The van der Waals surface area contributed by atoms with E-state index in [0.29, 0.717) is 23.9 Å². The Balaban J connectivity index is 1.84. The van der Waals surface area contributed by atoms with E-state index in [2.05, 4.69) is 19.2 Å². The van der Waals surface area contributed by atoms with Crippen molar-refractivity contribution in [3.8, 4) is 0 Å². The summed E-state index contributed by atoms with van der Waals surface area (Å²) in [7, 11) is 1.74. The lowest BCUT2D eigenvalue weighted by molar-refractivity contribution is 0.125. The Morgan fingerprint density at radius 3 is 2.58 bits per heavy atom. The van der Waals surface area contributed by atoms with E-state index >= 15 is 0 Å². The van der Waals surface area contributed by atoms with E-state index in [1.165, 1.54) is 0 Å². The molecule has 2 rings (SSSR count). The topological polar surface area (TPSA) is 21.3 Å². The second-order valence-electron chi connectivity index (χ2n) is 5.86. The average molecular weight is 265 g/mol. The molecule has 0 radical (unpaired) electrons. The second kappa shape index (κ2) is 6.49. The zero-order valence-electron chi connectivity index (χ0n) is 12.0. The molecule has 0 spiro atoms. The fraction of sp³-hybridized carbons (Fsp3) is 0.625. The Morgan fingerprint density at radius 2 is 2.00 bits per heavy atom. The van der Waals surface area contributed by atoms with Crippen molar-refractivity contribution in [1.82, 2.24) is 5.32 Å². The molecule has 0 heterocycles. The van der Waals surface area contributed by atoms with E-state index < -0.39 is 0 Å². The fourth-order valence-corrected chi connectivity index (χ4v) is 2.73. The monoisotopic (exact) mass is 265 g/mol. The largest absolute Gasteiger partial charge is 0.383 e. The van der Waals surface area contributed by atoms with E-state index in [1.54, 1.807) is 19.2 Å². The van der Waals surface area contributed by atoms with Gasteiger partial charge in [0.1, 0.15) is 5.82 Å². The molecule has 1 saturated carbocycles. The number of hydrogen-bond acceptors (Lipinski definition) is 2. The summed E-state index contributed by atoms with van der Waals surface area (Å²) in [5.74, 6) is 0.852. The van der Waals surface area contributed by atoms with Gasteiger partial charge in [-0.2, -0.15) is 0 Å². The van der Waals surface area contributed by atoms with Crippen LogP contribution in [0.15, 0.2) is 24.3 Å². The fourth-order valence-electron chi connectivity index (χ4n) is 2.73. The highest BCUT2D eigenvalue weighted by Gasteiger charge is 2.33. The van der Waals surface area contributed by atoms with Gasteiger partial charge in [-0.25, -0.2) is 4.39 Å². The molecule has 106 valence electrons. The summed E-state index contributed by atoms with van der Waals surface area (Å²) in [6, 6.07) is 8.01. The highest BCUT2D eigenvalue weighted by Crippen LogP contribution is 2.38. The lowest BCUT2D eigenvalue weighted by atomic mass is 9.75. The number of ether oxygens (including phenoxy) is 1. The molecule has 1 N–H and O–H groups in total. The van der Waals surface area contributed by atoms with Crippen LogP contribution in [0, 0.1) is 11.7 Å². The number of rotatable bonds is 6. The lowest BCUT2D eigenvalue weighted by Gasteiger charge is -2.39. The summed E-state index contributed by atoms with van der Waals surface area (Å²) in [6.45, 7) is 5.13. The van der Waals surface area contributed by atoms with E-state index in [-0.39, 0.29) is 5.82 Å². The minimum Gasteiger partial charge on any atom is -0.383 e. The third kappa shape index (κ3) is 3.54. The van der Waals surface area contributed by atoms with Crippen molar-refractivity contribution < 1.29 is 9.13 Å². The zero-order valence-corrected chi connectivity index (χ0v) is 12.0. The van der Waals surface area contributed by atoms with Crippen molar-refractivity contribution in [2.45, 2.75) is 44.7 Å². The van der Waals surface area contributed by atoms with Crippen molar-refractivity contribution in [1.29, 1.82) is 0 Å². The van der Waals surface area contributed by atoms with Crippen LogP contribution in [-0.4, -0.2) is 25.8 Å². The van der Waals surface area contributed by atoms with Gasteiger partial charge in [0, 0.05) is 19.2 Å². The molecule has 0 aliphatic heterocycles. The predicted molar refractivity (Wildman–Crippen MR) is 75.8 cm³/mol. The van der Waals surface area contributed by atoms with Crippen molar-refractivity contribution in [2.75, 3.05) is 13.7 Å². The maximum Gasteiger partial charge on any atom is 0.126 e. The molecule has 1 atom stereocenters. The third-order valence-electron chi connectivity index (χ3n) is 4.08. The average Bonchev–Trinajstić information content (AvgIpc) is 2.33. The first-order chi connectivity index (χ1) is 9.11. The van der Waals surface area contributed by atoms with Crippen LogP contribution in [0.2, 0.25) is 0 Å². The number of benzene rings is 1. The van der Waals surface area contributed by atoms with Gasteiger partial charge >= 0.3 is 0 Å². The first kappa shape index (κ1) is 14.5. The summed E-state index contributed by atoms with van der Waals surface area (Å²) in [6.07, 6.45) is 2.04. The standard InChI is InChI=1S/C16H24FNO/c1-11(2)16(10-19-3)18-13-8-12(9-13)14-6-4-5-7-15(14)17/h4-7,11-13,16,18H,8-10H2,1-3H3. The summed E-state index contributed by atoms with van der Waals surface area (Å²) in [5, 5.41) is 3.63. The molecule has 1 aromatic rings. The minimum absolute atomic E-state index is 0.0664. The van der Waals surface area contributed by atoms with Crippen LogP contribution >= 0.6 is 0 Å². The van der Waals surface area contributed by atoms with Crippen molar-refractivity contribution in [3.05, 3.63) is 35.6 Å². The van der Waals surface area contributed by atoms with Crippen molar-refractivity contribution in [2.24, 2.45) is 5.92 Å². The molecule has 0 bridgehead atoms. The second-order valence-corrected chi connectivity index (χ2v) is 5.86. The SMILES string of the molecule is COCC(NC1CC(c2ccccc2F)C1)C(C)C. The Kier molecular flexibility index (Phi) is 4.94. The molecule has 0 amide bonds. The summed E-state index contributed by atoms with van der Waals surface area (Å²) >= 11 is 0. The van der Waals surface area contributed by atoms with Gasteiger partial charge in [-0.05, 0) is 36.3 Å². The normalized spacial score (nSPS) is 24.3. The van der Waals surface area contributed by atoms with Crippen molar-refractivity contribution in [3.63, 3.8) is 0 Å². The highest BCUT2D eigenvalue weighted by atomic mass is 19.1. The van der Waals surface area contributed by atoms with E-state index in [9.17, 15) is 4.39 Å². The molecule has 1 fully saturated rings. The summed E-state index contributed by atoms with van der Waals surface area (Å²) < 4.78 is 18.9. The molecule has 1 aliphatic carbocycles. The van der Waals surface area contributed by atoms with Gasteiger partial charge in [0.25, 0.3) is 0 Å². The number of halogens is 1. The molecule has 0 saturated heterocycles. The molecule has 2 nitrogen and oxygen atoms in total. The van der Waals surface area contributed by atoms with Crippen molar-refractivity contribution >= 4 is 0 Å². The minimum atomic E-state index is -0.0664. The molecule has 1 aromatic carbocycles. The first-order valence-corrected chi connectivity index (χ1v) is 7.11. The maximum absolute atomic E-state index is 13.7. The van der Waals surface area contributed by atoms with Gasteiger partial charge in [0.05, 0.1) is 6.61 Å². The van der Waals surface area contributed by atoms with E-state index in [4.69, 9.17) is 4.74 Å². The van der Waals surface area contributed by atoms with Gasteiger partial charge in [-0.3, -0.25) is 0 Å². The van der Waals surface area contributed by atoms with Gasteiger partial charge in [-0.15, -0.1) is 0 Å². The molecule has 1 unspecified atom stereocenters. The molecular formula is C16H24FNO. The Hall–Kier alpha value is -0.930. The van der Waals surface area contributed by atoms with Gasteiger partial charge in [0.15, 0.2) is 0 Å². The lowest BCUT2D eigenvalue weighted by Crippen LogP contribution is -2.49. The zero-order chi connectivity index (χ0) is 13.8. The summed E-state index contributed by atoms with van der Waals surface area (Å²) in [5.41, 5.74) is 0.869. The Morgan fingerprint density at radius 1 is 1.32 bits per heavy atom. The number of nitrogens with one attached hydrogen (secondary N) is 1. The molecule has 1 aliphatic rings. The Bertz CT molecular complexity index is 401. The smallest absolute Gasteiger partial charge is 0.126 e. The van der Waals surface area contributed by atoms with Crippen LogP contribution in [0.4, 0.5) is 4.39 Å². The molecule has 3 heteroatoms. The van der Waals surface area contributed by atoms with Gasteiger partial charge < -0.3 is 10.1 Å². The van der Waals surface area contributed by atoms with Crippen LogP contribution in [0.25, 0.3) is 0 Å². The van der Waals surface area contributed by atoms with Crippen LogP contribution in [0.1, 0.15) is 38.2 Å². The number of hydrogen-bond donors (Lipinski definition) is 1. The molecule has 0 aromatic heterocycles.